The van der Waals surface area contributed by atoms with Gasteiger partial charge in [0, 0.05) is 19.6 Å². The second kappa shape index (κ2) is 5.29. The summed E-state index contributed by atoms with van der Waals surface area (Å²) in [5, 5.41) is 3.51. The van der Waals surface area contributed by atoms with Crippen LogP contribution < -0.4 is 10.1 Å². The van der Waals surface area contributed by atoms with E-state index in [2.05, 4.69) is 34.5 Å². The molecule has 0 unspecified atom stereocenters. The summed E-state index contributed by atoms with van der Waals surface area (Å²) >= 11 is 0. The molecule has 18 heavy (non-hydrogen) atoms. The topological polar surface area (TPSA) is 24.5 Å². The lowest BCUT2D eigenvalue weighted by molar-refractivity contribution is 0.313. The number of nitrogens with one attached hydrogen (secondary N) is 1. The molecule has 0 aliphatic carbocycles. The molecule has 0 saturated carbocycles. The zero-order chi connectivity index (χ0) is 12.4. The maximum atomic E-state index is 5.19. The molecule has 2 aliphatic heterocycles. The van der Waals surface area contributed by atoms with Gasteiger partial charge in [-0.25, -0.2) is 0 Å². The van der Waals surface area contributed by atoms with Crippen molar-refractivity contribution in [2.75, 3.05) is 33.3 Å². The van der Waals surface area contributed by atoms with Gasteiger partial charge in [0.05, 0.1) is 7.11 Å². The van der Waals surface area contributed by atoms with Crippen molar-refractivity contribution in [3.05, 3.63) is 29.8 Å². The zero-order valence-electron chi connectivity index (χ0n) is 11.1. The van der Waals surface area contributed by atoms with E-state index in [1.165, 1.54) is 38.2 Å². The molecule has 0 amide bonds. The smallest absolute Gasteiger partial charge is 0.118 e. The van der Waals surface area contributed by atoms with Gasteiger partial charge in [0.15, 0.2) is 0 Å². The molecule has 1 aromatic carbocycles. The molecule has 2 atom stereocenters. The summed E-state index contributed by atoms with van der Waals surface area (Å²) in [6.45, 7) is 6.03. The molecule has 3 heteroatoms. The standard InChI is InChI=1S/C15H22N2O/c1-18-15-4-2-12(3-5-15)9-17-10-13-6-7-16-8-14(13)11-17/h2-5,13-14,16H,6-11H2,1H3/t13-,14+/m0/s1. The maximum Gasteiger partial charge on any atom is 0.118 e. The Labute approximate surface area is 109 Å². The van der Waals surface area contributed by atoms with Crippen molar-refractivity contribution in [3.63, 3.8) is 0 Å². The molecule has 3 nitrogen and oxygen atoms in total. The number of fused-ring (bicyclic) bond motifs is 1. The third kappa shape index (κ3) is 2.52. The Balaban J connectivity index is 1.59. The molecule has 0 aromatic heterocycles. The van der Waals surface area contributed by atoms with Gasteiger partial charge in [-0.15, -0.1) is 0 Å². The number of piperidine rings is 1. The quantitative estimate of drug-likeness (QED) is 0.879. The molecule has 3 rings (SSSR count). The van der Waals surface area contributed by atoms with E-state index in [1.54, 1.807) is 7.11 Å². The number of hydrogen-bond acceptors (Lipinski definition) is 3. The Morgan fingerprint density at radius 3 is 2.72 bits per heavy atom. The summed E-state index contributed by atoms with van der Waals surface area (Å²) in [6.07, 6.45) is 1.35. The summed E-state index contributed by atoms with van der Waals surface area (Å²) in [6, 6.07) is 8.47. The summed E-state index contributed by atoms with van der Waals surface area (Å²) in [5.41, 5.74) is 1.39. The summed E-state index contributed by atoms with van der Waals surface area (Å²) in [5.74, 6) is 2.74. The van der Waals surface area contributed by atoms with Crippen molar-refractivity contribution in [1.29, 1.82) is 0 Å². The molecule has 0 bridgehead atoms. The number of ether oxygens (including phenoxy) is 1. The Hall–Kier alpha value is -1.06. The zero-order valence-corrected chi connectivity index (χ0v) is 11.1. The second-order valence-corrected chi connectivity index (χ2v) is 5.56. The predicted molar refractivity (Wildman–Crippen MR) is 72.7 cm³/mol. The SMILES string of the molecule is COc1ccc(CN2C[C@H]3CNCC[C@H]3C2)cc1. The number of benzene rings is 1. The highest BCUT2D eigenvalue weighted by atomic mass is 16.5. The summed E-state index contributed by atoms with van der Waals surface area (Å²) in [4.78, 5) is 2.60. The van der Waals surface area contributed by atoms with Crippen LogP contribution in [0, 0.1) is 11.8 Å². The summed E-state index contributed by atoms with van der Waals surface area (Å²) in [7, 11) is 1.72. The van der Waals surface area contributed by atoms with Crippen molar-refractivity contribution >= 4 is 0 Å². The minimum absolute atomic E-state index is 0.872. The molecule has 0 spiro atoms. The second-order valence-electron chi connectivity index (χ2n) is 5.56. The average molecular weight is 246 g/mol. The lowest BCUT2D eigenvalue weighted by Crippen LogP contribution is -2.35. The third-order valence-corrected chi connectivity index (χ3v) is 4.32. The van der Waals surface area contributed by atoms with Crippen LogP contribution in [0.25, 0.3) is 0 Å². The van der Waals surface area contributed by atoms with E-state index in [-0.39, 0.29) is 0 Å². The van der Waals surface area contributed by atoms with Gasteiger partial charge in [-0.3, -0.25) is 4.90 Å². The number of methoxy groups -OCH3 is 1. The van der Waals surface area contributed by atoms with E-state index < -0.39 is 0 Å². The van der Waals surface area contributed by atoms with Crippen LogP contribution in [0.3, 0.4) is 0 Å². The van der Waals surface area contributed by atoms with Gasteiger partial charge in [-0.2, -0.15) is 0 Å². The van der Waals surface area contributed by atoms with E-state index in [0.29, 0.717) is 0 Å². The highest BCUT2D eigenvalue weighted by Crippen LogP contribution is 2.29. The van der Waals surface area contributed by atoms with Crippen molar-refractivity contribution in [3.8, 4) is 5.75 Å². The summed E-state index contributed by atoms with van der Waals surface area (Å²) < 4.78 is 5.19. The minimum Gasteiger partial charge on any atom is -0.497 e. The van der Waals surface area contributed by atoms with Crippen LogP contribution in [0.15, 0.2) is 24.3 Å². The molecular formula is C15H22N2O. The molecule has 1 aromatic rings. The normalized spacial score (nSPS) is 28.1. The largest absolute Gasteiger partial charge is 0.497 e. The van der Waals surface area contributed by atoms with Gasteiger partial charge >= 0.3 is 0 Å². The van der Waals surface area contributed by atoms with Crippen molar-refractivity contribution in [1.82, 2.24) is 10.2 Å². The van der Waals surface area contributed by atoms with E-state index in [0.717, 1.165) is 24.1 Å². The Kier molecular flexibility index (Phi) is 3.52. The maximum absolute atomic E-state index is 5.19. The predicted octanol–water partition coefficient (Wildman–Crippen LogP) is 1.74. The first kappa shape index (κ1) is 12.0. The van der Waals surface area contributed by atoms with Crippen LogP contribution in [0.1, 0.15) is 12.0 Å². The first-order chi connectivity index (χ1) is 8.85. The minimum atomic E-state index is 0.872. The van der Waals surface area contributed by atoms with E-state index in [9.17, 15) is 0 Å². The van der Waals surface area contributed by atoms with Gasteiger partial charge in [-0.05, 0) is 49.0 Å². The monoisotopic (exact) mass is 246 g/mol. The fourth-order valence-corrected chi connectivity index (χ4v) is 3.29. The van der Waals surface area contributed by atoms with Crippen LogP contribution in [-0.2, 0) is 6.54 Å². The Morgan fingerprint density at radius 1 is 1.22 bits per heavy atom. The number of nitrogens with zero attached hydrogens (tertiary/aromatic N) is 1. The highest BCUT2D eigenvalue weighted by Gasteiger charge is 2.33. The lowest BCUT2D eigenvalue weighted by Gasteiger charge is -2.24. The van der Waals surface area contributed by atoms with Crippen LogP contribution in [0.5, 0.6) is 5.75 Å². The number of hydrogen-bond donors (Lipinski definition) is 1. The number of likely N-dealkylation sites (tertiary alicyclic amines) is 1. The Bertz CT molecular complexity index is 376. The van der Waals surface area contributed by atoms with Gasteiger partial charge in [0.2, 0.25) is 0 Å². The number of rotatable bonds is 3. The van der Waals surface area contributed by atoms with Crippen LogP contribution in [0.2, 0.25) is 0 Å². The molecule has 2 fully saturated rings. The molecule has 98 valence electrons. The Morgan fingerprint density at radius 2 is 2.00 bits per heavy atom. The van der Waals surface area contributed by atoms with Crippen LogP contribution >= 0.6 is 0 Å². The average Bonchev–Trinajstić information content (AvgIpc) is 2.82. The molecule has 2 saturated heterocycles. The third-order valence-electron chi connectivity index (χ3n) is 4.32. The fourth-order valence-electron chi connectivity index (χ4n) is 3.29. The van der Waals surface area contributed by atoms with Gasteiger partial charge in [0.1, 0.15) is 5.75 Å². The van der Waals surface area contributed by atoms with Crippen LogP contribution in [-0.4, -0.2) is 38.2 Å². The molecule has 2 aliphatic rings. The van der Waals surface area contributed by atoms with Crippen LogP contribution in [0.4, 0.5) is 0 Å². The van der Waals surface area contributed by atoms with E-state index in [1.807, 2.05) is 0 Å². The van der Waals surface area contributed by atoms with Gasteiger partial charge < -0.3 is 10.1 Å². The first-order valence-electron chi connectivity index (χ1n) is 6.91. The van der Waals surface area contributed by atoms with Crippen molar-refractivity contribution in [2.24, 2.45) is 11.8 Å². The van der Waals surface area contributed by atoms with Gasteiger partial charge in [0.25, 0.3) is 0 Å². The fraction of sp³-hybridized carbons (Fsp3) is 0.600. The lowest BCUT2D eigenvalue weighted by atomic mass is 9.90. The molecule has 0 radical (unpaired) electrons. The molecule has 2 heterocycles. The molecule has 1 N–H and O–H groups in total. The van der Waals surface area contributed by atoms with E-state index >= 15 is 0 Å². The van der Waals surface area contributed by atoms with E-state index in [4.69, 9.17) is 4.74 Å². The molecular weight excluding hydrogens is 224 g/mol. The van der Waals surface area contributed by atoms with Crippen molar-refractivity contribution in [2.45, 2.75) is 13.0 Å². The van der Waals surface area contributed by atoms with Gasteiger partial charge in [-0.1, -0.05) is 12.1 Å². The van der Waals surface area contributed by atoms with Crippen molar-refractivity contribution < 1.29 is 4.74 Å². The highest BCUT2D eigenvalue weighted by molar-refractivity contribution is 5.27. The first-order valence-corrected chi connectivity index (χ1v) is 6.91.